The first-order valence-electron chi connectivity index (χ1n) is 7.83. The lowest BCUT2D eigenvalue weighted by Gasteiger charge is -2.37. The molecular weight excluding hydrogens is 342 g/mol. The van der Waals surface area contributed by atoms with E-state index in [4.69, 9.17) is 11.6 Å². The van der Waals surface area contributed by atoms with Gasteiger partial charge in [-0.2, -0.15) is 10.5 Å². The lowest BCUT2D eigenvalue weighted by atomic mass is 9.67. The summed E-state index contributed by atoms with van der Waals surface area (Å²) in [5.41, 5.74) is 1.03. The number of benzene rings is 1. The van der Waals surface area contributed by atoms with Crippen LogP contribution in [0.3, 0.4) is 0 Å². The van der Waals surface area contributed by atoms with Crippen molar-refractivity contribution < 1.29 is 4.79 Å². The van der Waals surface area contributed by atoms with Gasteiger partial charge in [0.15, 0.2) is 0 Å². The Bertz CT molecular complexity index is 767. The fourth-order valence-corrected chi connectivity index (χ4v) is 4.80. The van der Waals surface area contributed by atoms with E-state index >= 15 is 0 Å². The van der Waals surface area contributed by atoms with Gasteiger partial charge in [-0.25, -0.2) is 0 Å². The molecule has 1 aromatic rings. The molecule has 0 bridgehead atoms. The number of amides is 1. The van der Waals surface area contributed by atoms with E-state index in [0.717, 1.165) is 31.2 Å². The van der Waals surface area contributed by atoms with E-state index in [2.05, 4.69) is 17.5 Å². The fraction of sp³-hybridized carbons (Fsp3) is 0.389. The second-order valence-corrected chi connectivity index (χ2v) is 7.57. The highest BCUT2D eigenvalue weighted by Crippen LogP contribution is 2.53. The first-order chi connectivity index (χ1) is 11.6. The molecule has 0 aromatic heterocycles. The first-order valence-corrected chi connectivity index (χ1v) is 9.19. The molecule has 1 aliphatic carbocycles. The fourth-order valence-electron chi connectivity index (χ4n) is 3.60. The molecule has 0 unspecified atom stereocenters. The van der Waals surface area contributed by atoms with Crippen molar-refractivity contribution >= 4 is 29.3 Å². The molecule has 0 radical (unpaired) electrons. The number of hydrogen-bond acceptors (Lipinski definition) is 4. The van der Waals surface area contributed by atoms with Crippen molar-refractivity contribution in [2.24, 2.45) is 11.3 Å². The number of rotatable bonds is 3. The van der Waals surface area contributed by atoms with E-state index in [-0.39, 0.29) is 5.91 Å². The summed E-state index contributed by atoms with van der Waals surface area (Å²) >= 11 is 7.33. The highest BCUT2D eigenvalue weighted by molar-refractivity contribution is 8.02. The Kier molecular flexibility index (Phi) is 4.85. The zero-order chi connectivity index (χ0) is 17.2. The molecule has 1 N–H and O–H groups in total. The molecule has 122 valence electrons. The highest BCUT2D eigenvalue weighted by atomic mass is 35.5. The Hall–Kier alpha value is -1.95. The van der Waals surface area contributed by atoms with Gasteiger partial charge in [0.05, 0.1) is 22.7 Å². The molecule has 1 amide bonds. The van der Waals surface area contributed by atoms with Gasteiger partial charge in [0.1, 0.15) is 5.92 Å². The second kappa shape index (κ2) is 6.89. The Morgan fingerprint density at radius 3 is 2.50 bits per heavy atom. The Morgan fingerprint density at radius 1 is 1.25 bits per heavy atom. The SMILES string of the molecule is N#CC1=C(SCc2ccc(Cl)cc2)NC(=O)[C@@H](C#N)C12CCCC2. The van der Waals surface area contributed by atoms with Crippen LogP contribution in [-0.4, -0.2) is 5.91 Å². The van der Waals surface area contributed by atoms with Crippen molar-refractivity contribution in [1.82, 2.24) is 5.32 Å². The van der Waals surface area contributed by atoms with Crippen molar-refractivity contribution in [1.29, 1.82) is 10.5 Å². The van der Waals surface area contributed by atoms with Crippen LogP contribution in [0.5, 0.6) is 0 Å². The van der Waals surface area contributed by atoms with Crippen LogP contribution < -0.4 is 5.32 Å². The van der Waals surface area contributed by atoms with Crippen molar-refractivity contribution in [3.8, 4) is 12.1 Å². The van der Waals surface area contributed by atoms with Crippen LogP contribution in [-0.2, 0) is 10.5 Å². The number of halogens is 1. The first kappa shape index (κ1) is 16.9. The number of carbonyl (C=O) groups excluding carboxylic acids is 1. The number of nitriles is 2. The number of hydrogen-bond donors (Lipinski definition) is 1. The molecule has 1 heterocycles. The maximum absolute atomic E-state index is 12.4. The normalized spacial score (nSPS) is 22.1. The number of thioether (sulfide) groups is 1. The Morgan fingerprint density at radius 2 is 1.92 bits per heavy atom. The van der Waals surface area contributed by atoms with E-state index in [1.54, 1.807) is 0 Å². The molecule has 24 heavy (non-hydrogen) atoms. The third-order valence-corrected chi connectivity index (χ3v) is 6.13. The maximum atomic E-state index is 12.4. The van der Waals surface area contributed by atoms with E-state index in [1.807, 2.05) is 24.3 Å². The molecule has 1 aromatic carbocycles. The van der Waals surface area contributed by atoms with Crippen LogP contribution in [0.1, 0.15) is 31.2 Å². The summed E-state index contributed by atoms with van der Waals surface area (Å²) in [6.45, 7) is 0. The molecular formula is C18H16ClN3OS. The van der Waals surface area contributed by atoms with Crippen LogP contribution in [0.4, 0.5) is 0 Å². The van der Waals surface area contributed by atoms with Crippen LogP contribution in [0.25, 0.3) is 0 Å². The van der Waals surface area contributed by atoms with Gasteiger partial charge < -0.3 is 5.32 Å². The zero-order valence-corrected chi connectivity index (χ0v) is 14.6. The molecule has 1 aliphatic heterocycles. The van der Waals surface area contributed by atoms with E-state index in [9.17, 15) is 15.3 Å². The summed E-state index contributed by atoms with van der Waals surface area (Å²) in [7, 11) is 0. The molecule has 4 nitrogen and oxygen atoms in total. The van der Waals surface area contributed by atoms with Crippen molar-refractivity contribution in [3.63, 3.8) is 0 Å². The van der Waals surface area contributed by atoms with Crippen LogP contribution in [0, 0.1) is 34.0 Å². The average Bonchev–Trinajstić information content (AvgIpc) is 3.04. The number of nitrogens with one attached hydrogen (secondary N) is 1. The van der Waals surface area contributed by atoms with Gasteiger partial charge in [0.2, 0.25) is 5.91 Å². The lowest BCUT2D eigenvalue weighted by molar-refractivity contribution is -0.126. The second-order valence-electron chi connectivity index (χ2n) is 6.15. The molecule has 1 saturated carbocycles. The standard InChI is InChI=1S/C18H16ClN3OS/c19-13-5-3-12(4-6-13)11-24-17-15(10-21)18(7-1-2-8-18)14(9-20)16(23)22-17/h3-6,14H,1-2,7-8,11H2,(H,22,23)/t14-/m1/s1. The average molecular weight is 358 g/mol. The maximum Gasteiger partial charge on any atom is 0.243 e. The minimum absolute atomic E-state index is 0.281. The number of carbonyl (C=O) groups is 1. The molecule has 1 fully saturated rings. The Labute approximate surface area is 150 Å². The van der Waals surface area contributed by atoms with Gasteiger partial charge in [-0.15, -0.1) is 11.8 Å². The van der Waals surface area contributed by atoms with Crippen molar-refractivity contribution in [2.45, 2.75) is 31.4 Å². The van der Waals surface area contributed by atoms with Gasteiger partial charge in [-0.3, -0.25) is 4.79 Å². The predicted molar refractivity (Wildman–Crippen MR) is 93.5 cm³/mol. The summed E-state index contributed by atoms with van der Waals surface area (Å²) < 4.78 is 0. The monoisotopic (exact) mass is 357 g/mol. The molecule has 3 rings (SSSR count). The number of nitrogens with zero attached hydrogens (tertiary/aromatic N) is 2. The van der Waals surface area contributed by atoms with Gasteiger partial charge >= 0.3 is 0 Å². The van der Waals surface area contributed by atoms with Gasteiger partial charge in [-0.05, 0) is 30.5 Å². The molecule has 2 aliphatic rings. The summed E-state index contributed by atoms with van der Waals surface area (Å²) in [6.07, 6.45) is 3.36. The van der Waals surface area contributed by atoms with Crippen LogP contribution >= 0.6 is 23.4 Å². The minimum Gasteiger partial charge on any atom is -0.319 e. The summed E-state index contributed by atoms with van der Waals surface area (Å²) in [6, 6.07) is 11.9. The van der Waals surface area contributed by atoms with E-state index < -0.39 is 11.3 Å². The topological polar surface area (TPSA) is 76.7 Å². The summed E-state index contributed by atoms with van der Waals surface area (Å²) in [5, 5.41) is 23.2. The summed E-state index contributed by atoms with van der Waals surface area (Å²) in [4.78, 5) is 12.4. The van der Waals surface area contributed by atoms with E-state index in [1.165, 1.54) is 11.8 Å². The Balaban J connectivity index is 1.91. The quantitative estimate of drug-likeness (QED) is 0.881. The molecule has 1 atom stereocenters. The zero-order valence-electron chi connectivity index (χ0n) is 13.0. The van der Waals surface area contributed by atoms with Gasteiger partial charge in [-0.1, -0.05) is 36.6 Å². The van der Waals surface area contributed by atoms with E-state index in [0.29, 0.717) is 21.4 Å². The smallest absolute Gasteiger partial charge is 0.243 e. The lowest BCUT2D eigenvalue weighted by Crippen LogP contribution is -2.46. The van der Waals surface area contributed by atoms with Crippen molar-refractivity contribution in [3.05, 3.63) is 45.5 Å². The largest absolute Gasteiger partial charge is 0.319 e. The van der Waals surface area contributed by atoms with Gasteiger partial charge in [0, 0.05) is 16.2 Å². The van der Waals surface area contributed by atoms with Gasteiger partial charge in [0.25, 0.3) is 0 Å². The highest BCUT2D eigenvalue weighted by Gasteiger charge is 2.52. The molecule has 6 heteroatoms. The van der Waals surface area contributed by atoms with Crippen LogP contribution in [0.15, 0.2) is 34.9 Å². The predicted octanol–water partition coefficient (Wildman–Crippen LogP) is 4.14. The minimum atomic E-state index is -0.769. The molecule has 1 spiro atoms. The molecule has 0 saturated heterocycles. The van der Waals surface area contributed by atoms with Crippen LogP contribution in [0.2, 0.25) is 5.02 Å². The number of allylic oxidation sites excluding steroid dienone is 1. The third-order valence-electron chi connectivity index (χ3n) is 4.81. The third kappa shape index (κ3) is 2.90. The van der Waals surface area contributed by atoms with Crippen molar-refractivity contribution in [2.75, 3.05) is 0 Å². The summed E-state index contributed by atoms with van der Waals surface area (Å²) in [5.74, 6) is -0.419.